The normalized spacial score (nSPS) is 21.4. The molecule has 1 amide bonds. The molecule has 2 aromatic carbocycles. The molecule has 2 aliphatic rings. The maximum absolute atomic E-state index is 14.2. The van der Waals surface area contributed by atoms with E-state index in [9.17, 15) is 9.18 Å². The van der Waals surface area contributed by atoms with Gasteiger partial charge in [0.25, 0.3) is 0 Å². The van der Waals surface area contributed by atoms with Gasteiger partial charge in [0.05, 0.1) is 5.69 Å². The zero-order chi connectivity index (χ0) is 24.0. The Kier molecular flexibility index (Phi) is 8.61. The number of benzene rings is 2. The number of amidine groups is 1. The van der Waals surface area contributed by atoms with Gasteiger partial charge in [0.2, 0.25) is 5.91 Å². The molecule has 33 heavy (non-hydrogen) atoms. The quantitative estimate of drug-likeness (QED) is 0.615. The lowest BCUT2D eigenvalue weighted by molar-refractivity contribution is -0.129. The van der Waals surface area contributed by atoms with Crippen molar-refractivity contribution in [1.29, 1.82) is 0 Å². The first-order chi connectivity index (χ1) is 16.0. The minimum Gasteiger partial charge on any atom is -0.355 e. The zero-order valence-corrected chi connectivity index (χ0v) is 20.5. The van der Waals surface area contributed by atoms with Crippen LogP contribution in [0.4, 0.5) is 10.1 Å². The van der Waals surface area contributed by atoms with Crippen LogP contribution >= 0.6 is 0 Å². The van der Waals surface area contributed by atoms with Crippen molar-refractivity contribution in [2.45, 2.75) is 46.7 Å². The second-order valence-corrected chi connectivity index (χ2v) is 8.57. The molecule has 1 saturated carbocycles. The molecule has 1 aliphatic carbocycles. The molecule has 0 bridgehead atoms. The Morgan fingerprint density at radius 2 is 1.91 bits per heavy atom. The van der Waals surface area contributed by atoms with E-state index in [2.05, 4.69) is 29.0 Å². The van der Waals surface area contributed by atoms with E-state index in [4.69, 9.17) is 4.99 Å². The first-order valence-corrected chi connectivity index (χ1v) is 12.2. The van der Waals surface area contributed by atoms with Gasteiger partial charge in [-0.2, -0.15) is 0 Å². The summed E-state index contributed by atoms with van der Waals surface area (Å²) >= 11 is 0. The third-order valence-electron chi connectivity index (χ3n) is 6.63. The van der Waals surface area contributed by atoms with Crippen LogP contribution in [0.3, 0.4) is 0 Å². The van der Waals surface area contributed by atoms with Crippen molar-refractivity contribution in [3.63, 3.8) is 0 Å². The summed E-state index contributed by atoms with van der Waals surface area (Å²) < 4.78 is 14.2. The number of hydrogen-bond donors (Lipinski definition) is 1. The van der Waals surface area contributed by atoms with Crippen molar-refractivity contribution in [2.24, 2.45) is 16.8 Å². The number of amides is 1. The summed E-state index contributed by atoms with van der Waals surface area (Å²) in [5.41, 5.74) is 2.66. The van der Waals surface area contributed by atoms with Crippen LogP contribution in [0.1, 0.15) is 57.8 Å². The molecule has 3 atom stereocenters. The minimum absolute atomic E-state index is 0.152. The molecular weight excluding hydrogens is 415 g/mol. The summed E-state index contributed by atoms with van der Waals surface area (Å²) in [5.74, 6) is 1.38. The Morgan fingerprint density at radius 1 is 1.18 bits per heavy atom. The summed E-state index contributed by atoms with van der Waals surface area (Å²) in [6.07, 6.45) is 1.96. The van der Waals surface area contributed by atoms with Crippen molar-refractivity contribution in [3.8, 4) is 0 Å². The number of halogens is 1. The lowest BCUT2D eigenvalue weighted by Crippen LogP contribution is -2.48. The fourth-order valence-corrected chi connectivity index (χ4v) is 4.61. The number of nitrogens with zero attached hydrogens (tertiary/aromatic N) is 3. The number of rotatable bonds is 7. The molecule has 4 rings (SSSR count). The molecule has 1 fully saturated rings. The molecule has 0 aromatic heterocycles. The van der Waals surface area contributed by atoms with Gasteiger partial charge in [0.1, 0.15) is 17.8 Å². The molecule has 3 unspecified atom stereocenters. The average Bonchev–Trinajstić information content (AvgIpc) is 2.83. The molecule has 0 radical (unpaired) electrons. The smallest absolute Gasteiger partial charge is 0.223 e. The maximum atomic E-state index is 14.2. The van der Waals surface area contributed by atoms with Gasteiger partial charge in [0, 0.05) is 37.2 Å². The van der Waals surface area contributed by atoms with Crippen LogP contribution in [-0.4, -0.2) is 48.2 Å². The molecule has 6 heteroatoms. The van der Waals surface area contributed by atoms with Crippen LogP contribution in [-0.2, 0) is 4.79 Å². The van der Waals surface area contributed by atoms with Gasteiger partial charge < -0.3 is 10.2 Å². The van der Waals surface area contributed by atoms with Crippen molar-refractivity contribution < 1.29 is 9.18 Å². The fraction of sp³-hybridized carbons (Fsp3) is 0.481. The second-order valence-electron chi connectivity index (χ2n) is 8.57. The lowest BCUT2D eigenvalue weighted by Gasteiger charge is -2.42. The van der Waals surface area contributed by atoms with Crippen molar-refractivity contribution in [1.82, 2.24) is 15.1 Å². The predicted octanol–water partition coefficient (Wildman–Crippen LogP) is 5.36. The second kappa shape index (κ2) is 11.4. The van der Waals surface area contributed by atoms with E-state index in [1.165, 1.54) is 6.07 Å². The number of carbonyl (C=O) groups excluding carboxylic acids is 1. The lowest BCUT2D eigenvalue weighted by atomic mass is 9.74. The van der Waals surface area contributed by atoms with Crippen LogP contribution in [0.25, 0.3) is 0 Å². The molecule has 2 aromatic rings. The summed E-state index contributed by atoms with van der Waals surface area (Å²) in [6.45, 7) is 10.2. The highest BCUT2D eigenvalue weighted by Gasteiger charge is 2.34. The highest BCUT2D eigenvalue weighted by Crippen LogP contribution is 2.38. The van der Waals surface area contributed by atoms with Crippen LogP contribution in [0, 0.1) is 17.7 Å². The van der Waals surface area contributed by atoms with Gasteiger partial charge in [0.15, 0.2) is 0 Å². The monoisotopic (exact) mass is 452 g/mol. The van der Waals surface area contributed by atoms with E-state index < -0.39 is 0 Å². The largest absolute Gasteiger partial charge is 0.355 e. The summed E-state index contributed by atoms with van der Waals surface area (Å²) in [4.78, 5) is 21.6. The third-order valence-corrected chi connectivity index (χ3v) is 6.63. The van der Waals surface area contributed by atoms with Gasteiger partial charge >= 0.3 is 0 Å². The molecule has 0 spiro atoms. The van der Waals surface area contributed by atoms with Gasteiger partial charge in [-0.05, 0) is 43.5 Å². The van der Waals surface area contributed by atoms with E-state index in [1.807, 2.05) is 51.2 Å². The van der Waals surface area contributed by atoms with E-state index in [0.29, 0.717) is 19.0 Å². The van der Waals surface area contributed by atoms with Crippen molar-refractivity contribution in [2.75, 3.05) is 26.7 Å². The van der Waals surface area contributed by atoms with E-state index >= 15 is 0 Å². The van der Waals surface area contributed by atoms with Gasteiger partial charge in [-0.25, -0.2) is 9.38 Å². The summed E-state index contributed by atoms with van der Waals surface area (Å²) in [5, 5.41) is 3.11. The van der Waals surface area contributed by atoms with Gasteiger partial charge in [-0.3, -0.25) is 9.69 Å². The highest BCUT2D eigenvalue weighted by atomic mass is 19.1. The summed E-state index contributed by atoms with van der Waals surface area (Å²) in [6, 6.07) is 14.8. The maximum Gasteiger partial charge on any atom is 0.223 e. The number of nitrogens with one attached hydrogen (secondary N) is 1. The van der Waals surface area contributed by atoms with E-state index in [1.54, 1.807) is 12.1 Å². The Balaban J connectivity index is 0.00000149. The zero-order valence-electron chi connectivity index (χ0n) is 20.5. The highest BCUT2D eigenvalue weighted by molar-refractivity contribution is 6.01. The molecule has 178 valence electrons. The van der Waals surface area contributed by atoms with E-state index in [0.717, 1.165) is 42.0 Å². The third kappa shape index (κ3) is 5.44. The number of fused-ring (bicyclic) bond motifs is 1. The standard InChI is InChI=1S/C25H31FN4O.C2H6/c1-4-30(15-14-27-24(31)20-12-10-17(20)2)25-21-16-19(26)11-13-22(21)28-23(29(25)3)18-8-6-5-7-9-18;1-2/h5-9,11,13,16-17,20,25H,4,10,12,14-15H2,1-3H3,(H,27,31);1-2H3. The Hall–Kier alpha value is -2.73. The molecule has 1 N–H and O–H groups in total. The van der Waals surface area contributed by atoms with Crippen molar-refractivity contribution >= 4 is 17.4 Å². The molecule has 0 saturated heterocycles. The van der Waals surface area contributed by atoms with Crippen LogP contribution in [0.15, 0.2) is 53.5 Å². The van der Waals surface area contributed by atoms with Crippen molar-refractivity contribution in [3.05, 3.63) is 65.5 Å². The van der Waals surface area contributed by atoms with Crippen LogP contribution in [0.5, 0.6) is 0 Å². The number of likely N-dealkylation sites (N-methyl/N-ethyl adjacent to an activating group) is 1. The van der Waals surface area contributed by atoms with E-state index in [-0.39, 0.29) is 23.8 Å². The Morgan fingerprint density at radius 3 is 2.52 bits per heavy atom. The minimum atomic E-state index is -0.265. The van der Waals surface area contributed by atoms with Crippen LogP contribution < -0.4 is 5.32 Å². The Labute approximate surface area is 197 Å². The fourth-order valence-electron chi connectivity index (χ4n) is 4.61. The topological polar surface area (TPSA) is 47.9 Å². The number of hydrogen-bond acceptors (Lipinski definition) is 4. The first-order valence-electron chi connectivity index (χ1n) is 12.2. The van der Waals surface area contributed by atoms with Gasteiger partial charge in [-0.1, -0.05) is 58.0 Å². The summed E-state index contributed by atoms with van der Waals surface area (Å²) in [7, 11) is 2.00. The first kappa shape index (κ1) is 24.9. The SMILES string of the molecule is CC.CCN(CCNC(=O)C1CCC1C)C1c2cc(F)ccc2N=C(c2ccccc2)N1C. The number of aliphatic imine (C=N–C) groups is 1. The Bertz CT molecular complexity index is 962. The molecule has 1 heterocycles. The molecular formula is C27H37FN4O. The average molecular weight is 453 g/mol. The van der Waals surface area contributed by atoms with Crippen LogP contribution in [0.2, 0.25) is 0 Å². The molecule has 5 nitrogen and oxygen atoms in total. The van der Waals surface area contributed by atoms with Gasteiger partial charge in [-0.15, -0.1) is 0 Å². The predicted molar refractivity (Wildman–Crippen MR) is 133 cm³/mol. The number of carbonyl (C=O) groups is 1. The molecule has 1 aliphatic heterocycles.